The van der Waals surface area contributed by atoms with E-state index < -0.39 is 0 Å². The zero-order valence-corrected chi connectivity index (χ0v) is 11.2. The molecule has 19 heavy (non-hydrogen) atoms. The molecule has 0 unspecified atom stereocenters. The summed E-state index contributed by atoms with van der Waals surface area (Å²) < 4.78 is 10.6. The summed E-state index contributed by atoms with van der Waals surface area (Å²) in [6.45, 7) is 8.02. The van der Waals surface area contributed by atoms with E-state index in [-0.39, 0.29) is 5.54 Å². The number of piperazine rings is 1. The molecule has 3 heterocycles. The summed E-state index contributed by atoms with van der Waals surface area (Å²) in [5.74, 6) is 1.77. The van der Waals surface area contributed by atoms with E-state index in [1.807, 2.05) is 12.1 Å². The molecule has 0 amide bonds. The van der Waals surface area contributed by atoms with Crippen LogP contribution in [-0.2, 0) is 6.54 Å². The standard InChI is InChI=1S/C13H18N4O2/c1-13(2)9-14-5-6-17(13)8-11-15-12(16-19-11)10-4-3-7-18-10/h3-4,7,14H,5-6,8-9H2,1-2H3. The van der Waals surface area contributed by atoms with Crippen molar-refractivity contribution in [3.63, 3.8) is 0 Å². The van der Waals surface area contributed by atoms with E-state index in [0.29, 0.717) is 24.0 Å². The van der Waals surface area contributed by atoms with Crippen LogP contribution in [0.5, 0.6) is 0 Å². The second kappa shape index (κ2) is 4.79. The highest BCUT2D eigenvalue weighted by Crippen LogP contribution is 2.21. The molecule has 0 atom stereocenters. The third-order valence-corrected chi connectivity index (χ3v) is 3.51. The van der Waals surface area contributed by atoms with Gasteiger partial charge in [-0.1, -0.05) is 5.16 Å². The van der Waals surface area contributed by atoms with Crippen LogP contribution in [0.3, 0.4) is 0 Å². The van der Waals surface area contributed by atoms with Gasteiger partial charge in [-0.25, -0.2) is 0 Å². The number of rotatable bonds is 3. The van der Waals surface area contributed by atoms with E-state index in [2.05, 4.69) is 34.2 Å². The van der Waals surface area contributed by atoms with Crippen LogP contribution in [-0.4, -0.2) is 40.2 Å². The first kappa shape index (κ1) is 12.4. The minimum Gasteiger partial charge on any atom is -0.461 e. The number of aromatic nitrogens is 2. The lowest BCUT2D eigenvalue weighted by Gasteiger charge is -2.41. The molecule has 3 rings (SSSR count). The fourth-order valence-corrected chi connectivity index (χ4v) is 2.30. The van der Waals surface area contributed by atoms with Crippen LogP contribution in [0.25, 0.3) is 11.6 Å². The van der Waals surface area contributed by atoms with E-state index in [0.717, 1.165) is 19.6 Å². The number of hydrogen-bond acceptors (Lipinski definition) is 6. The van der Waals surface area contributed by atoms with Crippen LogP contribution in [0.2, 0.25) is 0 Å². The number of nitrogens with one attached hydrogen (secondary N) is 1. The first-order valence-corrected chi connectivity index (χ1v) is 6.47. The molecule has 0 aromatic carbocycles. The zero-order chi connectivity index (χ0) is 13.3. The Labute approximate surface area is 111 Å². The van der Waals surface area contributed by atoms with Gasteiger partial charge in [0.1, 0.15) is 0 Å². The lowest BCUT2D eigenvalue weighted by Crippen LogP contribution is -2.57. The molecule has 2 aromatic rings. The van der Waals surface area contributed by atoms with E-state index in [9.17, 15) is 0 Å². The second-order valence-corrected chi connectivity index (χ2v) is 5.40. The van der Waals surface area contributed by atoms with E-state index in [1.54, 1.807) is 6.26 Å². The van der Waals surface area contributed by atoms with E-state index in [1.165, 1.54) is 0 Å². The van der Waals surface area contributed by atoms with Crippen LogP contribution in [0, 0.1) is 0 Å². The minimum atomic E-state index is 0.0948. The Morgan fingerprint density at radius 2 is 2.37 bits per heavy atom. The quantitative estimate of drug-likeness (QED) is 0.904. The predicted octanol–water partition coefficient (Wildman–Crippen LogP) is 1.51. The monoisotopic (exact) mass is 262 g/mol. The maximum Gasteiger partial charge on any atom is 0.241 e. The summed E-state index contributed by atoms with van der Waals surface area (Å²) >= 11 is 0. The Hall–Kier alpha value is -1.66. The Kier molecular flexibility index (Phi) is 3.12. The molecule has 1 aliphatic rings. The van der Waals surface area contributed by atoms with Crippen molar-refractivity contribution in [3.8, 4) is 11.6 Å². The molecule has 0 bridgehead atoms. The average molecular weight is 262 g/mol. The molecule has 6 nitrogen and oxygen atoms in total. The topological polar surface area (TPSA) is 67.3 Å². The smallest absolute Gasteiger partial charge is 0.241 e. The van der Waals surface area contributed by atoms with Gasteiger partial charge in [-0.3, -0.25) is 4.90 Å². The van der Waals surface area contributed by atoms with Crippen molar-refractivity contribution >= 4 is 0 Å². The third-order valence-electron chi connectivity index (χ3n) is 3.51. The highest BCUT2D eigenvalue weighted by atomic mass is 16.5. The normalized spacial score (nSPS) is 19.7. The molecular weight excluding hydrogens is 244 g/mol. The summed E-state index contributed by atoms with van der Waals surface area (Å²) in [5.41, 5.74) is 0.0948. The number of hydrogen-bond donors (Lipinski definition) is 1. The van der Waals surface area contributed by atoms with Crippen molar-refractivity contribution in [2.24, 2.45) is 0 Å². The van der Waals surface area contributed by atoms with Gasteiger partial charge < -0.3 is 14.3 Å². The van der Waals surface area contributed by atoms with E-state index in [4.69, 9.17) is 8.94 Å². The highest BCUT2D eigenvalue weighted by Gasteiger charge is 2.30. The number of furan rings is 1. The molecule has 6 heteroatoms. The SMILES string of the molecule is CC1(C)CNCCN1Cc1nc(-c2ccco2)no1. The van der Waals surface area contributed by atoms with Gasteiger partial charge in [-0.2, -0.15) is 4.98 Å². The van der Waals surface area contributed by atoms with E-state index >= 15 is 0 Å². The molecule has 0 spiro atoms. The third kappa shape index (κ3) is 2.54. The van der Waals surface area contributed by atoms with Crippen molar-refractivity contribution < 1.29 is 8.94 Å². The van der Waals surface area contributed by atoms with Crippen molar-refractivity contribution in [2.75, 3.05) is 19.6 Å². The summed E-state index contributed by atoms with van der Waals surface area (Å²) in [6, 6.07) is 3.63. The van der Waals surface area contributed by atoms with Crippen LogP contribution < -0.4 is 5.32 Å². The first-order valence-electron chi connectivity index (χ1n) is 6.47. The predicted molar refractivity (Wildman–Crippen MR) is 69.4 cm³/mol. The molecular formula is C13H18N4O2. The number of nitrogens with zero attached hydrogens (tertiary/aromatic N) is 3. The molecule has 0 aliphatic carbocycles. The molecule has 2 aromatic heterocycles. The maximum atomic E-state index is 5.30. The molecule has 1 fully saturated rings. The van der Waals surface area contributed by atoms with Gasteiger partial charge in [0, 0.05) is 25.2 Å². The fourth-order valence-electron chi connectivity index (χ4n) is 2.30. The van der Waals surface area contributed by atoms with Crippen LogP contribution in [0.15, 0.2) is 27.3 Å². The van der Waals surface area contributed by atoms with Gasteiger partial charge in [0.25, 0.3) is 0 Å². The highest BCUT2D eigenvalue weighted by molar-refractivity contribution is 5.44. The zero-order valence-electron chi connectivity index (χ0n) is 11.2. The lowest BCUT2D eigenvalue weighted by atomic mass is 10.0. The van der Waals surface area contributed by atoms with Gasteiger partial charge in [0.15, 0.2) is 5.76 Å². The molecule has 102 valence electrons. The molecule has 0 saturated carbocycles. The van der Waals surface area contributed by atoms with Crippen LogP contribution >= 0.6 is 0 Å². The summed E-state index contributed by atoms with van der Waals surface area (Å²) in [5, 5.41) is 7.34. The maximum absolute atomic E-state index is 5.30. The summed E-state index contributed by atoms with van der Waals surface area (Å²) in [7, 11) is 0. The Morgan fingerprint density at radius 1 is 1.47 bits per heavy atom. The van der Waals surface area contributed by atoms with Crippen molar-refractivity contribution in [3.05, 3.63) is 24.3 Å². The summed E-state index contributed by atoms with van der Waals surface area (Å²) in [6.07, 6.45) is 1.60. The van der Waals surface area contributed by atoms with Gasteiger partial charge >= 0.3 is 0 Å². The van der Waals surface area contributed by atoms with Gasteiger partial charge in [0.05, 0.1) is 12.8 Å². The van der Waals surface area contributed by atoms with Crippen molar-refractivity contribution in [1.29, 1.82) is 0 Å². The second-order valence-electron chi connectivity index (χ2n) is 5.40. The largest absolute Gasteiger partial charge is 0.461 e. The Balaban J connectivity index is 1.73. The first-order chi connectivity index (χ1) is 9.15. The Bertz CT molecular complexity index is 533. The minimum absolute atomic E-state index is 0.0948. The molecule has 1 saturated heterocycles. The van der Waals surface area contributed by atoms with Crippen LogP contribution in [0.1, 0.15) is 19.7 Å². The fraction of sp³-hybridized carbons (Fsp3) is 0.538. The van der Waals surface area contributed by atoms with Gasteiger partial charge in [0.2, 0.25) is 11.7 Å². The average Bonchev–Trinajstić information content (AvgIpc) is 3.02. The van der Waals surface area contributed by atoms with Crippen LogP contribution in [0.4, 0.5) is 0 Å². The molecule has 1 aliphatic heterocycles. The van der Waals surface area contributed by atoms with Crippen molar-refractivity contribution in [1.82, 2.24) is 20.4 Å². The Morgan fingerprint density at radius 3 is 3.11 bits per heavy atom. The van der Waals surface area contributed by atoms with Gasteiger partial charge in [-0.15, -0.1) is 0 Å². The lowest BCUT2D eigenvalue weighted by molar-refractivity contribution is 0.0711. The molecule has 0 radical (unpaired) electrons. The molecule has 1 N–H and O–H groups in total. The van der Waals surface area contributed by atoms with Gasteiger partial charge in [-0.05, 0) is 26.0 Å². The van der Waals surface area contributed by atoms with Crippen molar-refractivity contribution in [2.45, 2.75) is 25.9 Å². The summed E-state index contributed by atoms with van der Waals surface area (Å²) in [4.78, 5) is 6.73.